The smallest absolute Gasteiger partial charge is 0.237 e. The number of thiazole rings is 1. The molecule has 1 heterocycles. The van der Waals surface area contributed by atoms with Crippen LogP contribution in [0, 0.1) is 0 Å². The van der Waals surface area contributed by atoms with Crippen LogP contribution in [-0.2, 0) is 11.3 Å². The molecule has 1 aromatic heterocycles. The SMILES string of the molecule is CC[C@H](N)C(=O)NCc1nc2ccccc2s1. The molecule has 0 bridgehead atoms. The number of fused-ring (bicyclic) bond motifs is 1. The van der Waals surface area contributed by atoms with Crippen molar-refractivity contribution in [1.29, 1.82) is 0 Å². The number of benzene rings is 1. The first-order chi connectivity index (χ1) is 8.20. The van der Waals surface area contributed by atoms with E-state index >= 15 is 0 Å². The Morgan fingerprint density at radius 3 is 3.00 bits per heavy atom. The second-order valence-corrected chi connectivity index (χ2v) is 4.92. The third-order valence-electron chi connectivity index (χ3n) is 2.53. The Hall–Kier alpha value is -1.46. The summed E-state index contributed by atoms with van der Waals surface area (Å²) in [6.07, 6.45) is 0.645. The average Bonchev–Trinajstić information content (AvgIpc) is 2.77. The maximum Gasteiger partial charge on any atom is 0.237 e. The zero-order valence-corrected chi connectivity index (χ0v) is 10.5. The van der Waals surface area contributed by atoms with Crippen LogP contribution in [0.1, 0.15) is 18.4 Å². The maximum atomic E-state index is 11.5. The van der Waals surface area contributed by atoms with Gasteiger partial charge in [0.15, 0.2) is 0 Å². The standard InChI is InChI=1S/C12H15N3OS/c1-2-8(13)12(16)14-7-11-15-9-5-3-4-6-10(9)17-11/h3-6,8H,2,7,13H2,1H3,(H,14,16)/t8-/m0/s1. The second-order valence-electron chi connectivity index (χ2n) is 3.81. The maximum absolute atomic E-state index is 11.5. The van der Waals surface area contributed by atoms with Gasteiger partial charge in [0, 0.05) is 0 Å². The molecule has 0 saturated carbocycles. The van der Waals surface area contributed by atoms with Gasteiger partial charge in [0.1, 0.15) is 5.01 Å². The van der Waals surface area contributed by atoms with Crippen molar-refractivity contribution in [2.24, 2.45) is 5.73 Å². The fourth-order valence-electron chi connectivity index (χ4n) is 1.47. The number of hydrogen-bond acceptors (Lipinski definition) is 4. The molecule has 1 atom stereocenters. The van der Waals surface area contributed by atoms with E-state index in [1.54, 1.807) is 11.3 Å². The first-order valence-electron chi connectivity index (χ1n) is 5.58. The van der Waals surface area contributed by atoms with Crippen molar-refractivity contribution < 1.29 is 4.79 Å². The van der Waals surface area contributed by atoms with Crippen molar-refractivity contribution >= 4 is 27.5 Å². The summed E-state index contributed by atoms with van der Waals surface area (Å²) in [5.41, 5.74) is 6.60. The van der Waals surface area contributed by atoms with Crippen LogP contribution in [-0.4, -0.2) is 16.9 Å². The second kappa shape index (κ2) is 5.25. The van der Waals surface area contributed by atoms with Crippen molar-refractivity contribution in [1.82, 2.24) is 10.3 Å². The number of amides is 1. The number of hydrogen-bond donors (Lipinski definition) is 2. The van der Waals surface area contributed by atoms with Crippen LogP contribution < -0.4 is 11.1 Å². The van der Waals surface area contributed by atoms with Gasteiger partial charge in [-0.3, -0.25) is 4.79 Å². The molecule has 3 N–H and O–H groups in total. The van der Waals surface area contributed by atoms with Crippen LogP contribution in [0.2, 0.25) is 0 Å². The number of rotatable bonds is 4. The molecule has 17 heavy (non-hydrogen) atoms. The number of nitrogens with two attached hydrogens (primary N) is 1. The van der Waals surface area contributed by atoms with E-state index in [4.69, 9.17) is 5.73 Å². The van der Waals surface area contributed by atoms with Crippen molar-refractivity contribution in [3.05, 3.63) is 29.3 Å². The van der Waals surface area contributed by atoms with E-state index in [2.05, 4.69) is 10.3 Å². The highest BCUT2D eigenvalue weighted by molar-refractivity contribution is 7.18. The van der Waals surface area contributed by atoms with E-state index in [9.17, 15) is 4.79 Å². The van der Waals surface area contributed by atoms with E-state index < -0.39 is 6.04 Å². The minimum absolute atomic E-state index is 0.119. The van der Waals surface area contributed by atoms with Gasteiger partial charge in [-0.1, -0.05) is 19.1 Å². The Morgan fingerprint density at radius 2 is 2.29 bits per heavy atom. The minimum atomic E-state index is -0.427. The molecule has 0 aliphatic heterocycles. The van der Waals surface area contributed by atoms with Gasteiger partial charge >= 0.3 is 0 Å². The van der Waals surface area contributed by atoms with Gasteiger partial charge in [0.05, 0.1) is 22.8 Å². The number of nitrogens with one attached hydrogen (secondary N) is 1. The quantitative estimate of drug-likeness (QED) is 0.865. The third kappa shape index (κ3) is 2.81. The molecule has 0 spiro atoms. The van der Waals surface area contributed by atoms with Gasteiger partial charge in [0.25, 0.3) is 0 Å². The lowest BCUT2D eigenvalue weighted by atomic mass is 10.2. The largest absolute Gasteiger partial charge is 0.348 e. The molecule has 90 valence electrons. The molecule has 1 amide bonds. The van der Waals surface area contributed by atoms with Crippen LogP contribution in [0.15, 0.2) is 24.3 Å². The average molecular weight is 249 g/mol. The lowest BCUT2D eigenvalue weighted by Gasteiger charge is -2.08. The van der Waals surface area contributed by atoms with E-state index in [0.717, 1.165) is 15.2 Å². The zero-order valence-electron chi connectivity index (χ0n) is 9.64. The van der Waals surface area contributed by atoms with Gasteiger partial charge in [0.2, 0.25) is 5.91 Å². The number of carbonyl (C=O) groups excluding carboxylic acids is 1. The Balaban J connectivity index is 2.02. The van der Waals surface area contributed by atoms with E-state index in [-0.39, 0.29) is 5.91 Å². The van der Waals surface area contributed by atoms with Crippen LogP contribution in [0.3, 0.4) is 0 Å². The number of para-hydroxylation sites is 1. The number of aromatic nitrogens is 1. The Kier molecular flexibility index (Phi) is 3.71. The molecule has 5 heteroatoms. The molecule has 2 aromatic rings. The van der Waals surface area contributed by atoms with E-state index in [1.807, 2.05) is 31.2 Å². The molecule has 0 radical (unpaired) electrons. The van der Waals surface area contributed by atoms with Crippen LogP contribution in [0.25, 0.3) is 10.2 Å². The predicted molar refractivity (Wildman–Crippen MR) is 69.7 cm³/mol. The molecule has 2 rings (SSSR count). The normalized spacial score (nSPS) is 12.6. The summed E-state index contributed by atoms with van der Waals surface area (Å²) in [5, 5.41) is 3.70. The van der Waals surface area contributed by atoms with Gasteiger partial charge in [-0.25, -0.2) is 4.98 Å². The van der Waals surface area contributed by atoms with Crippen molar-refractivity contribution in [2.45, 2.75) is 25.9 Å². The van der Waals surface area contributed by atoms with E-state index in [0.29, 0.717) is 13.0 Å². The van der Waals surface area contributed by atoms with Crippen molar-refractivity contribution in [3.63, 3.8) is 0 Å². The molecule has 0 unspecified atom stereocenters. The first-order valence-corrected chi connectivity index (χ1v) is 6.40. The molecule has 4 nitrogen and oxygen atoms in total. The summed E-state index contributed by atoms with van der Waals surface area (Å²) in [7, 11) is 0. The van der Waals surface area contributed by atoms with Gasteiger partial charge in [-0.15, -0.1) is 11.3 Å². The fourth-order valence-corrected chi connectivity index (χ4v) is 2.38. The molecule has 1 aromatic carbocycles. The molecule has 0 saturated heterocycles. The van der Waals surface area contributed by atoms with E-state index in [1.165, 1.54) is 0 Å². The lowest BCUT2D eigenvalue weighted by Crippen LogP contribution is -2.39. The predicted octanol–water partition coefficient (Wildman–Crippen LogP) is 1.65. The van der Waals surface area contributed by atoms with Crippen molar-refractivity contribution in [3.8, 4) is 0 Å². The summed E-state index contributed by atoms with van der Waals surface area (Å²) >= 11 is 1.59. The zero-order chi connectivity index (χ0) is 12.3. The molecule has 0 aliphatic rings. The third-order valence-corrected chi connectivity index (χ3v) is 3.57. The molecule has 0 fully saturated rings. The molecular formula is C12H15N3OS. The van der Waals surface area contributed by atoms with Crippen LogP contribution in [0.4, 0.5) is 0 Å². The summed E-state index contributed by atoms with van der Waals surface area (Å²) < 4.78 is 1.14. The van der Waals surface area contributed by atoms with Gasteiger partial charge < -0.3 is 11.1 Å². The highest BCUT2D eigenvalue weighted by Crippen LogP contribution is 2.21. The summed E-state index contributed by atoms with van der Waals surface area (Å²) in [5.74, 6) is -0.119. The fraction of sp³-hybridized carbons (Fsp3) is 0.333. The first kappa shape index (κ1) is 12.0. The highest BCUT2D eigenvalue weighted by Gasteiger charge is 2.11. The summed E-state index contributed by atoms with van der Waals surface area (Å²) in [6.45, 7) is 2.34. The number of nitrogens with zero attached hydrogens (tertiary/aromatic N) is 1. The minimum Gasteiger partial charge on any atom is -0.348 e. The van der Waals surface area contributed by atoms with Gasteiger partial charge in [-0.05, 0) is 18.6 Å². The van der Waals surface area contributed by atoms with Crippen LogP contribution in [0.5, 0.6) is 0 Å². The summed E-state index contributed by atoms with van der Waals surface area (Å²) in [4.78, 5) is 15.9. The molecule has 0 aliphatic carbocycles. The molecular weight excluding hydrogens is 234 g/mol. The Labute approximate surface area is 104 Å². The Bertz CT molecular complexity index is 490. The Morgan fingerprint density at radius 1 is 1.53 bits per heavy atom. The van der Waals surface area contributed by atoms with Crippen LogP contribution >= 0.6 is 11.3 Å². The van der Waals surface area contributed by atoms with Crippen molar-refractivity contribution in [2.75, 3.05) is 0 Å². The number of carbonyl (C=O) groups is 1. The monoisotopic (exact) mass is 249 g/mol. The van der Waals surface area contributed by atoms with Gasteiger partial charge in [-0.2, -0.15) is 0 Å². The topological polar surface area (TPSA) is 68.0 Å². The summed E-state index contributed by atoms with van der Waals surface area (Å²) in [6, 6.07) is 7.50. The highest BCUT2D eigenvalue weighted by atomic mass is 32.1. The lowest BCUT2D eigenvalue weighted by molar-refractivity contribution is -0.122.